The van der Waals surface area contributed by atoms with Crippen molar-refractivity contribution in [3.05, 3.63) is 58.6 Å². The molecule has 7 nitrogen and oxygen atoms in total. The molecule has 3 N–H and O–H groups in total. The number of carbonyl (C=O) groups is 3. The monoisotopic (exact) mass is 361 g/mol. The molecule has 0 unspecified atom stereocenters. The molecular formula is C17H16ClN3O4. The normalized spacial score (nSPS) is 9.88. The van der Waals surface area contributed by atoms with Crippen LogP contribution in [0.1, 0.15) is 15.9 Å². The Bertz CT molecular complexity index is 806. The van der Waals surface area contributed by atoms with Crippen molar-refractivity contribution in [1.29, 1.82) is 0 Å². The van der Waals surface area contributed by atoms with Gasteiger partial charge in [0, 0.05) is 16.3 Å². The van der Waals surface area contributed by atoms with E-state index in [2.05, 4.69) is 10.7 Å². The molecular weight excluding hydrogens is 346 g/mol. The van der Waals surface area contributed by atoms with Crippen LogP contribution in [0.2, 0.25) is 5.02 Å². The highest BCUT2D eigenvalue weighted by Crippen LogP contribution is 2.22. The third-order valence-electron chi connectivity index (χ3n) is 3.36. The van der Waals surface area contributed by atoms with Gasteiger partial charge in [0.15, 0.2) is 0 Å². The van der Waals surface area contributed by atoms with E-state index in [0.29, 0.717) is 27.6 Å². The van der Waals surface area contributed by atoms with Gasteiger partial charge in [0.05, 0.1) is 7.11 Å². The standard InChI is InChI=1S/C17H16ClN3O4/c1-10-13(18)4-3-5-14(10)19-16(23)17(24)21-20-15(22)11-6-8-12(25-2)9-7-11/h3-9H,1-2H3,(H,19,23)(H,20,22)(H,21,24). The summed E-state index contributed by atoms with van der Waals surface area (Å²) < 4.78 is 4.99. The quantitative estimate of drug-likeness (QED) is 0.576. The van der Waals surface area contributed by atoms with Crippen molar-refractivity contribution in [2.75, 3.05) is 12.4 Å². The van der Waals surface area contributed by atoms with Gasteiger partial charge in [0.1, 0.15) is 5.75 Å². The Hall–Kier alpha value is -3.06. The first-order valence-corrected chi connectivity index (χ1v) is 7.61. The SMILES string of the molecule is COc1ccc(C(=O)NNC(=O)C(=O)Nc2cccc(Cl)c2C)cc1. The van der Waals surface area contributed by atoms with Crippen LogP contribution >= 0.6 is 11.6 Å². The third kappa shape index (κ3) is 4.71. The summed E-state index contributed by atoms with van der Waals surface area (Å²) in [5.41, 5.74) is 5.55. The van der Waals surface area contributed by atoms with E-state index in [1.807, 2.05) is 5.43 Å². The molecule has 0 fully saturated rings. The topological polar surface area (TPSA) is 96.5 Å². The minimum atomic E-state index is -1.01. The molecule has 2 aromatic rings. The van der Waals surface area contributed by atoms with Gasteiger partial charge in [-0.15, -0.1) is 0 Å². The second-order valence-corrected chi connectivity index (χ2v) is 5.41. The fourth-order valence-electron chi connectivity index (χ4n) is 1.91. The van der Waals surface area contributed by atoms with E-state index < -0.39 is 17.7 Å². The van der Waals surface area contributed by atoms with Gasteiger partial charge >= 0.3 is 11.8 Å². The molecule has 130 valence electrons. The predicted molar refractivity (Wildman–Crippen MR) is 93.4 cm³/mol. The Morgan fingerprint density at radius 2 is 1.64 bits per heavy atom. The van der Waals surface area contributed by atoms with Crippen LogP contribution < -0.4 is 20.9 Å². The van der Waals surface area contributed by atoms with Gasteiger partial charge in [-0.25, -0.2) is 0 Å². The Morgan fingerprint density at radius 1 is 0.960 bits per heavy atom. The van der Waals surface area contributed by atoms with E-state index in [9.17, 15) is 14.4 Å². The molecule has 0 atom stereocenters. The largest absolute Gasteiger partial charge is 0.497 e. The molecule has 0 radical (unpaired) electrons. The molecule has 0 heterocycles. The second kappa shape index (κ2) is 8.16. The number of carbonyl (C=O) groups excluding carboxylic acids is 3. The van der Waals surface area contributed by atoms with Gasteiger partial charge < -0.3 is 10.1 Å². The van der Waals surface area contributed by atoms with Crippen LogP contribution in [-0.2, 0) is 9.59 Å². The van der Waals surface area contributed by atoms with Crippen LogP contribution in [0, 0.1) is 6.92 Å². The Balaban J connectivity index is 1.91. The first-order valence-electron chi connectivity index (χ1n) is 7.23. The van der Waals surface area contributed by atoms with E-state index in [1.54, 1.807) is 37.3 Å². The number of rotatable bonds is 3. The summed E-state index contributed by atoms with van der Waals surface area (Å²) in [6.45, 7) is 1.71. The Morgan fingerprint density at radius 3 is 2.28 bits per heavy atom. The Labute approximate surface area is 149 Å². The van der Waals surface area contributed by atoms with Crippen LogP contribution in [-0.4, -0.2) is 24.8 Å². The molecule has 0 bridgehead atoms. The predicted octanol–water partition coefficient (Wildman–Crippen LogP) is 2.06. The lowest BCUT2D eigenvalue weighted by Crippen LogP contribution is -2.46. The molecule has 3 amide bonds. The molecule has 0 aromatic heterocycles. The molecule has 0 saturated heterocycles. The number of halogens is 1. The van der Waals surface area contributed by atoms with Crippen molar-refractivity contribution in [3.8, 4) is 5.75 Å². The number of ether oxygens (including phenoxy) is 1. The van der Waals surface area contributed by atoms with Crippen molar-refractivity contribution < 1.29 is 19.1 Å². The molecule has 8 heteroatoms. The third-order valence-corrected chi connectivity index (χ3v) is 3.77. The van der Waals surface area contributed by atoms with E-state index in [-0.39, 0.29) is 0 Å². The zero-order chi connectivity index (χ0) is 18.4. The van der Waals surface area contributed by atoms with Gasteiger partial charge in [-0.2, -0.15) is 0 Å². The van der Waals surface area contributed by atoms with Crippen LogP contribution in [0.4, 0.5) is 5.69 Å². The smallest absolute Gasteiger partial charge is 0.328 e. The van der Waals surface area contributed by atoms with Crippen molar-refractivity contribution in [3.63, 3.8) is 0 Å². The fourth-order valence-corrected chi connectivity index (χ4v) is 2.08. The van der Waals surface area contributed by atoms with Gasteiger partial charge in [0.2, 0.25) is 0 Å². The number of methoxy groups -OCH3 is 1. The number of hydrogen-bond donors (Lipinski definition) is 3. The lowest BCUT2D eigenvalue weighted by Gasteiger charge is -2.10. The number of benzene rings is 2. The molecule has 0 aliphatic rings. The summed E-state index contributed by atoms with van der Waals surface area (Å²) in [7, 11) is 1.51. The summed E-state index contributed by atoms with van der Waals surface area (Å²) in [5, 5.41) is 2.89. The lowest BCUT2D eigenvalue weighted by atomic mass is 10.2. The highest BCUT2D eigenvalue weighted by molar-refractivity contribution is 6.40. The molecule has 0 spiro atoms. The fraction of sp³-hybridized carbons (Fsp3) is 0.118. The number of hydrazine groups is 1. The van der Waals surface area contributed by atoms with E-state index in [4.69, 9.17) is 16.3 Å². The van der Waals surface area contributed by atoms with Crippen LogP contribution in [0.5, 0.6) is 5.75 Å². The van der Waals surface area contributed by atoms with Crippen LogP contribution in [0.3, 0.4) is 0 Å². The molecule has 0 aliphatic carbocycles. The Kier molecular flexibility index (Phi) is 5.97. The van der Waals surface area contributed by atoms with Crippen molar-refractivity contribution in [1.82, 2.24) is 10.9 Å². The van der Waals surface area contributed by atoms with Gasteiger partial charge in [-0.05, 0) is 48.9 Å². The van der Waals surface area contributed by atoms with Crippen LogP contribution in [0.15, 0.2) is 42.5 Å². The molecule has 2 aromatic carbocycles. The molecule has 2 rings (SSSR count). The molecule has 25 heavy (non-hydrogen) atoms. The zero-order valence-corrected chi connectivity index (χ0v) is 14.3. The number of hydrogen-bond acceptors (Lipinski definition) is 4. The van der Waals surface area contributed by atoms with Crippen molar-refractivity contribution in [2.45, 2.75) is 6.92 Å². The maximum absolute atomic E-state index is 11.9. The maximum atomic E-state index is 11.9. The van der Waals surface area contributed by atoms with Crippen molar-refractivity contribution in [2.24, 2.45) is 0 Å². The van der Waals surface area contributed by atoms with Gasteiger partial charge in [-0.1, -0.05) is 17.7 Å². The lowest BCUT2D eigenvalue weighted by molar-refractivity contribution is -0.136. The zero-order valence-electron chi connectivity index (χ0n) is 13.6. The van der Waals surface area contributed by atoms with Crippen LogP contribution in [0.25, 0.3) is 0 Å². The highest BCUT2D eigenvalue weighted by atomic mass is 35.5. The summed E-state index contributed by atoms with van der Waals surface area (Å²) in [6, 6.07) is 11.2. The van der Waals surface area contributed by atoms with E-state index >= 15 is 0 Å². The number of amides is 3. The average Bonchev–Trinajstić information content (AvgIpc) is 2.63. The number of nitrogens with one attached hydrogen (secondary N) is 3. The minimum absolute atomic E-state index is 0.298. The van der Waals surface area contributed by atoms with Crippen molar-refractivity contribution >= 4 is 35.0 Å². The van der Waals surface area contributed by atoms with E-state index in [0.717, 1.165) is 0 Å². The first kappa shape index (κ1) is 18.3. The summed E-state index contributed by atoms with van der Waals surface area (Å²) in [6.07, 6.45) is 0. The molecule has 0 saturated carbocycles. The highest BCUT2D eigenvalue weighted by Gasteiger charge is 2.16. The summed E-state index contributed by atoms with van der Waals surface area (Å²) in [4.78, 5) is 35.6. The molecule has 0 aliphatic heterocycles. The summed E-state index contributed by atoms with van der Waals surface area (Å²) >= 11 is 5.95. The minimum Gasteiger partial charge on any atom is -0.497 e. The van der Waals surface area contributed by atoms with E-state index in [1.165, 1.54) is 19.2 Å². The average molecular weight is 362 g/mol. The summed E-state index contributed by atoms with van der Waals surface area (Å²) in [5.74, 6) is -1.92. The number of anilines is 1. The first-order chi connectivity index (χ1) is 11.9. The maximum Gasteiger partial charge on any atom is 0.328 e. The second-order valence-electron chi connectivity index (χ2n) is 5.00. The van der Waals surface area contributed by atoms with Gasteiger partial charge in [-0.3, -0.25) is 25.2 Å². The van der Waals surface area contributed by atoms with Gasteiger partial charge in [0.25, 0.3) is 5.91 Å².